The minimum atomic E-state index is -1.79. The van der Waals surface area contributed by atoms with Crippen LogP contribution in [0.25, 0.3) is 0 Å². The third kappa shape index (κ3) is 7.92. The summed E-state index contributed by atoms with van der Waals surface area (Å²) in [6, 6.07) is 0. The van der Waals surface area contributed by atoms with Gasteiger partial charge in [-0.2, -0.15) is 0 Å². The normalized spacial score (nSPS) is 52.8. The highest BCUT2D eigenvalue weighted by Gasteiger charge is 2.69. The Labute approximate surface area is 361 Å². The fourth-order valence-corrected chi connectivity index (χ4v) is 12.9. The summed E-state index contributed by atoms with van der Waals surface area (Å²) >= 11 is 0. The Morgan fingerprint density at radius 2 is 1.45 bits per heavy atom. The number of carbonyl (C=O) groups is 2. The average Bonchev–Trinajstić information content (AvgIpc) is 3.80. The Balaban J connectivity index is 0.00000578. The Hall–Kier alpha value is -1.76. The summed E-state index contributed by atoms with van der Waals surface area (Å²) in [6.45, 7) is 2.83. The zero-order chi connectivity index (χ0) is 43.8. The van der Waals surface area contributed by atoms with Gasteiger partial charge in [-0.3, -0.25) is 0 Å². The molecule has 0 radical (unpaired) electrons. The molecule has 23 atom stereocenters. The maximum absolute atomic E-state index is 13.3. The van der Waals surface area contributed by atoms with Gasteiger partial charge in [0.2, 0.25) is 0 Å². The lowest BCUT2D eigenvalue weighted by Gasteiger charge is -2.63. The zero-order valence-electron chi connectivity index (χ0n) is 34.8. The molecule has 62 heavy (non-hydrogen) atoms. The lowest BCUT2D eigenvalue weighted by molar-refractivity contribution is -0.367. The maximum Gasteiger partial charge on any atom is 0.331 e. The second kappa shape index (κ2) is 18.5. The van der Waals surface area contributed by atoms with Gasteiger partial charge in [0.15, 0.2) is 18.9 Å². The van der Waals surface area contributed by atoms with Crippen LogP contribution in [0.1, 0.15) is 79.1 Å². The summed E-state index contributed by atoms with van der Waals surface area (Å²) in [5, 5.41) is 96.6. The van der Waals surface area contributed by atoms with Crippen LogP contribution in [0.15, 0.2) is 11.6 Å². The van der Waals surface area contributed by atoms with Gasteiger partial charge < -0.3 is 88.6 Å². The van der Waals surface area contributed by atoms with Crippen LogP contribution in [0.4, 0.5) is 0 Å². The van der Waals surface area contributed by atoms with Crippen molar-refractivity contribution < 1.29 is 93.4 Å². The van der Waals surface area contributed by atoms with Crippen molar-refractivity contribution in [2.75, 3.05) is 26.9 Å². The van der Waals surface area contributed by atoms with Crippen molar-refractivity contribution in [2.45, 2.75) is 183 Å². The molecule has 4 heterocycles. The Morgan fingerprint density at radius 3 is 2.11 bits per heavy atom. The van der Waals surface area contributed by atoms with Crippen LogP contribution in [0.3, 0.4) is 0 Å². The highest BCUT2D eigenvalue weighted by molar-refractivity contribution is 5.85. The molecule has 19 heteroatoms. The van der Waals surface area contributed by atoms with Crippen LogP contribution in [-0.4, -0.2) is 189 Å². The number of rotatable bonds is 11. The fourth-order valence-electron chi connectivity index (χ4n) is 12.9. The Bertz CT molecular complexity index is 1620. The minimum absolute atomic E-state index is 0. The second-order valence-electron chi connectivity index (χ2n) is 19.1. The Morgan fingerprint density at radius 1 is 0.774 bits per heavy atom. The standard InChI is InChI=1S/C42H64O19.CH4/c1-18-35(61-38-33(51)31(49)29(47)26(60-38)16-56-37-32(50)30(48)28(46)25(14-43)59-37)36(54-3)34(52)39(57-18)58-21-6-10-41(17-44)20(13-21)4-5-24-23(41)7-9-40(2)22(8-11-42(24,40)53)19-12-27(45)55-15-19;/h12,17-18,20-26,28-39,43,46-53H,4-11,13-16H2,1-3H3;1H4/t18-,20-,21+,22?,23?,24?,25-,26-,28-,29-,30-,31-,32-,33-,34-,35+,36+,37-,38+,39+,40-,41-,42+;/m1./s1. The number of hydrogen-bond donors (Lipinski definition) is 9. The summed E-state index contributed by atoms with van der Waals surface area (Å²) in [6.07, 6.45) is -13.2. The molecule has 0 amide bonds. The van der Waals surface area contributed by atoms with Crippen molar-refractivity contribution in [3.05, 3.63) is 11.6 Å². The molecule has 0 aromatic carbocycles. The molecule has 0 spiro atoms. The Kier molecular flexibility index (Phi) is 14.4. The van der Waals surface area contributed by atoms with Crippen molar-refractivity contribution in [3.63, 3.8) is 0 Å². The van der Waals surface area contributed by atoms with Crippen molar-refractivity contribution in [1.29, 1.82) is 0 Å². The van der Waals surface area contributed by atoms with E-state index in [4.69, 9.17) is 37.9 Å². The molecule has 8 aliphatic rings. The third-order valence-corrected chi connectivity index (χ3v) is 16.3. The molecule has 0 aromatic rings. The van der Waals surface area contributed by atoms with Gasteiger partial charge in [-0.25, -0.2) is 4.79 Å². The van der Waals surface area contributed by atoms with E-state index in [0.29, 0.717) is 25.7 Å². The van der Waals surface area contributed by atoms with Crippen molar-refractivity contribution in [1.82, 2.24) is 0 Å². The lowest BCUT2D eigenvalue weighted by Crippen LogP contribution is -2.65. The number of carbonyl (C=O) groups excluding carboxylic acids is 2. The van der Waals surface area contributed by atoms with Crippen LogP contribution >= 0.6 is 0 Å². The lowest BCUT2D eigenvalue weighted by atomic mass is 9.43. The van der Waals surface area contributed by atoms with Gasteiger partial charge >= 0.3 is 5.97 Å². The highest BCUT2D eigenvalue weighted by Crippen LogP contribution is 2.69. The number of cyclic esters (lactones) is 1. The van der Waals surface area contributed by atoms with Crippen LogP contribution in [-0.2, 0) is 47.5 Å². The molecule has 7 fully saturated rings. The molecule has 4 aliphatic heterocycles. The van der Waals surface area contributed by atoms with Gasteiger partial charge in [-0.05, 0) is 94.0 Å². The molecule has 8 rings (SSSR count). The van der Waals surface area contributed by atoms with E-state index in [1.165, 1.54) is 7.11 Å². The molecule has 3 unspecified atom stereocenters. The molecule has 3 saturated heterocycles. The topological polar surface area (TPSA) is 290 Å². The van der Waals surface area contributed by atoms with Crippen LogP contribution in [0.2, 0.25) is 0 Å². The summed E-state index contributed by atoms with van der Waals surface area (Å²) in [7, 11) is 1.36. The number of methoxy groups -OCH3 is 1. The number of ether oxygens (including phenoxy) is 8. The largest absolute Gasteiger partial charge is 0.458 e. The number of aldehydes is 1. The molecule has 354 valence electrons. The number of hydrogen-bond acceptors (Lipinski definition) is 19. The fraction of sp³-hybridized carbons (Fsp3) is 0.907. The van der Waals surface area contributed by atoms with Gasteiger partial charge in [0, 0.05) is 24.0 Å². The first-order chi connectivity index (χ1) is 29.0. The molecule has 9 N–H and O–H groups in total. The van der Waals surface area contributed by atoms with E-state index < -0.39 is 122 Å². The van der Waals surface area contributed by atoms with Gasteiger partial charge in [0.25, 0.3) is 0 Å². The van der Waals surface area contributed by atoms with E-state index in [-0.39, 0.29) is 49.8 Å². The first-order valence-corrected chi connectivity index (χ1v) is 21.9. The summed E-state index contributed by atoms with van der Waals surface area (Å²) in [4.78, 5) is 25.3. The smallest absolute Gasteiger partial charge is 0.331 e. The number of aliphatic hydroxyl groups excluding tert-OH is 8. The van der Waals surface area contributed by atoms with Gasteiger partial charge in [-0.1, -0.05) is 14.4 Å². The number of fused-ring (bicyclic) bond motifs is 5. The molecule has 19 nitrogen and oxygen atoms in total. The van der Waals surface area contributed by atoms with Gasteiger partial charge in [-0.15, -0.1) is 0 Å². The predicted molar refractivity (Wildman–Crippen MR) is 210 cm³/mol. The summed E-state index contributed by atoms with van der Waals surface area (Å²) in [5.74, 6) is -0.343. The summed E-state index contributed by atoms with van der Waals surface area (Å²) in [5.41, 5.74) is -1.07. The predicted octanol–water partition coefficient (Wildman–Crippen LogP) is -1.43. The van der Waals surface area contributed by atoms with E-state index in [1.54, 1.807) is 13.0 Å². The summed E-state index contributed by atoms with van der Waals surface area (Å²) < 4.78 is 46.4. The van der Waals surface area contributed by atoms with E-state index in [1.807, 2.05) is 0 Å². The first-order valence-electron chi connectivity index (χ1n) is 21.9. The number of aliphatic hydroxyl groups is 9. The van der Waals surface area contributed by atoms with Crippen LogP contribution in [0.5, 0.6) is 0 Å². The van der Waals surface area contributed by atoms with E-state index in [2.05, 4.69) is 6.92 Å². The molecule has 4 saturated carbocycles. The van der Waals surface area contributed by atoms with Crippen LogP contribution in [0, 0.1) is 34.5 Å². The third-order valence-electron chi connectivity index (χ3n) is 16.3. The van der Waals surface area contributed by atoms with Crippen LogP contribution < -0.4 is 0 Å². The van der Waals surface area contributed by atoms with E-state index in [9.17, 15) is 55.5 Å². The second-order valence-corrected chi connectivity index (χ2v) is 19.1. The molecular weight excluding hydrogens is 820 g/mol. The van der Waals surface area contributed by atoms with E-state index in [0.717, 1.165) is 44.0 Å². The van der Waals surface area contributed by atoms with E-state index >= 15 is 0 Å². The monoisotopic (exact) mass is 888 g/mol. The first kappa shape index (κ1) is 48.2. The van der Waals surface area contributed by atoms with Crippen molar-refractivity contribution in [3.8, 4) is 0 Å². The molecule has 0 bridgehead atoms. The molecule has 4 aliphatic carbocycles. The average molecular weight is 889 g/mol. The SMILES string of the molecule is C.CO[C@H]1[C@@H](O)[C@H](O[C@H]2CC[C@]3(C=O)C4CC[C@]5(C)C(C6=CC(=O)OC6)CC[C@]5(O)C4CC[C@@H]3C2)O[C@H](C)[C@@H]1O[C@@H]1O[C@H](CO[C@@H]2O[C@H](CO)[C@@H](O)[C@@H](O)[C@H]2O)[C@@H](O)[C@@H](O)[C@H]1O. The molecular formula is C43H68O19. The minimum Gasteiger partial charge on any atom is -0.458 e. The highest BCUT2D eigenvalue weighted by atomic mass is 16.8. The molecule has 0 aromatic heterocycles. The van der Waals surface area contributed by atoms with Crippen molar-refractivity contribution >= 4 is 12.3 Å². The van der Waals surface area contributed by atoms with Crippen molar-refractivity contribution in [2.24, 2.45) is 34.5 Å². The van der Waals surface area contributed by atoms with Gasteiger partial charge in [0.05, 0.1) is 31.0 Å². The number of esters is 1. The zero-order valence-corrected chi connectivity index (χ0v) is 34.8. The van der Waals surface area contributed by atoms with Gasteiger partial charge in [0.1, 0.15) is 80.0 Å². The maximum atomic E-state index is 13.3. The quantitative estimate of drug-likeness (QED) is 0.0653.